The van der Waals surface area contributed by atoms with Gasteiger partial charge in [-0.05, 0) is 153 Å². The van der Waals surface area contributed by atoms with Gasteiger partial charge in [-0.1, -0.05) is 0 Å². The second-order valence-corrected chi connectivity index (χ2v) is 29.4. The van der Waals surface area contributed by atoms with E-state index < -0.39 is 149 Å². The third kappa shape index (κ3) is 13.3. The van der Waals surface area contributed by atoms with Crippen molar-refractivity contribution >= 4 is 29.8 Å². The molecule has 0 radical (unpaired) electrons. The first-order chi connectivity index (χ1) is 33.3. The summed E-state index contributed by atoms with van der Waals surface area (Å²) < 4.78 is 50.6. The van der Waals surface area contributed by atoms with E-state index in [4.69, 9.17) is 23.7 Å². The molecule has 0 amide bonds. The summed E-state index contributed by atoms with van der Waals surface area (Å²) in [6, 6.07) is 0. The van der Waals surface area contributed by atoms with Gasteiger partial charge in [-0.25, -0.2) is 28.4 Å². The Hall–Kier alpha value is -3.70. The lowest BCUT2D eigenvalue weighted by molar-refractivity contribution is -0.0737. The molecule has 0 bridgehead atoms. The largest absolute Gasteiger partial charge is 0.459 e. The minimum absolute atomic E-state index is 0.309. The Morgan fingerprint density at radius 3 is 0.703 bits per heavy atom. The van der Waals surface area contributed by atoms with Crippen molar-refractivity contribution in [3.8, 4) is 0 Å². The van der Waals surface area contributed by atoms with E-state index in [0.717, 1.165) is 0 Å². The van der Waals surface area contributed by atoms with E-state index in [1.807, 2.05) is 153 Å². The van der Waals surface area contributed by atoms with E-state index in [0.29, 0.717) is 64.2 Å². The van der Waals surface area contributed by atoms with E-state index in [1.165, 1.54) is 0 Å². The molecule has 5 heterocycles. The van der Waals surface area contributed by atoms with Crippen LogP contribution in [0, 0.1) is 5.82 Å². The SMILES string of the molecule is CN1C(C)(C)CC(OC(=O)c2c(F)c(C(=O)OC3CC(C)(C)NC(C)(C)C3)c(C(=O)OC3CC(C)(C)NC(C)(C)C3)c(C(=O)OC3CC(C)(C)N(C)C(C)(C)C3)c2C(=O)OC2CC(C)(C)NC(C)(C)C2)CC1(C)C. The summed E-state index contributed by atoms with van der Waals surface area (Å²) in [5.74, 6) is -7.92. The molecule has 0 atom stereocenters. The average Bonchev–Trinajstić information content (AvgIpc) is 3.13. The number of hydrogen-bond donors (Lipinski definition) is 3. The maximum atomic E-state index is 18.8. The van der Waals surface area contributed by atoms with Gasteiger partial charge in [0.1, 0.15) is 41.6 Å². The van der Waals surface area contributed by atoms with Gasteiger partial charge in [0.25, 0.3) is 0 Å². The predicted octanol–water partition coefficient (Wildman–Crippen LogP) is 9.84. The van der Waals surface area contributed by atoms with Gasteiger partial charge in [0.05, 0.1) is 16.7 Å². The van der Waals surface area contributed by atoms with Gasteiger partial charge in [0, 0.05) is 120 Å². The summed E-state index contributed by atoms with van der Waals surface area (Å²) in [6.07, 6.45) is -0.808. The highest BCUT2D eigenvalue weighted by Gasteiger charge is 2.51. The monoisotopic (exact) mass is 1040 g/mol. The Morgan fingerprint density at radius 1 is 0.338 bits per heavy atom. The van der Waals surface area contributed by atoms with Crippen LogP contribution in [0.4, 0.5) is 4.39 Å². The number of esters is 5. The fraction of sp³-hybridized carbons (Fsp3) is 0.810. The fourth-order valence-corrected chi connectivity index (χ4v) is 14.4. The first kappa shape index (κ1) is 59.5. The Labute approximate surface area is 442 Å². The van der Waals surface area contributed by atoms with Crippen LogP contribution in [-0.2, 0) is 23.7 Å². The number of halogens is 1. The van der Waals surface area contributed by atoms with E-state index in [2.05, 4.69) is 25.8 Å². The molecule has 16 heteroatoms. The maximum absolute atomic E-state index is 18.8. The van der Waals surface area contributed by atoms with Gasteiger partial charge in [0.15, 0.2) is 5.82 Å². The highest BCUT2D eigenvalue weighted by atomic mass is 19.1. The zero-order valence-electron chi connectivity index (χ0n) is 49.3. The molecule has 74 heavy (non-hydrogen) atoms. The van der Waals surface area contributed by atoms with Crippen molar-refractivity contribution in [3.05, 3.63) is 33.6 Å². The third-order valence-electron chi connectivity index (χ3n) is 16.8. The average molecular weight is 1040 g/mol. The van der Waals surface area contributed by atoms with E-state index in [9.17, 15) is 0 Å². The molecule has 1 aromatic carbocycles. The Balaban J connectivity index is 1.66. The second-order valence-electron chi connectivity index (χ2n) is 29.4. The topological polar surface area (TPSA) is 174 Å². The van der Waals surface area contributed by atoms with Crippen LogP contribution in [0.15, 0.2) is 0 Å². The quantitative estimate of drug-likeness (QED) is 0.149. The van der Waals surface area contributed by atoms with Crippen LogP contribution >= 0.6 is 0 Å². The van der Waals surface area contributed by atoms with Gasteiger partial charge in [-0.2, -0.15) is 0 Å². The summed E-state index contributed by atoms with van der Waals surface area (Å²) in [7, 11) is 3.99. The van der Waals surface area contributed by atoms with Crippen LogP contribution in [0.5, 0.6) is 0 Å². The molecule has 5 aliphatic heterocycles. The smallest absolute Gasteiger partial charge is 0.342 e. The molecule has 0 aliphatic carbocycles. The molecule has 0 aromatic heterocycles. The van der Waals surface area contributed by atoms with Crippen molar-refractivity contribution in [1.82, 2.24) is 25.8 Å². The van der Waals surface area contributed by atoms with Crippen molar-refractivity contribution in [2.45, 2.75) is 289 Å². The summed E-state index contributed by atoms with van der Waals surface area (Å²) in [4.78, 5) is 82.0. The molecule has 5 aliphatic rings. The Morgan fingerprint density at radius 2 is 0.500 bits per heavy atom. The van der Waals surface area contributed by atoms with Crippen LogP contribution in [0.1, 0.15) is 254 Å². The molecule has 0 saturated carbocycles. The Kier molecular flexibility index (Phi) is 15.8. The van der Waals surface area contributed by atoms with Gasteiger partial charge < -0.3 is 39.6 Å². The number of hydrogen-bond acceptors (Lipinski definition) is 15. The highest BCUT2D eigenvalue weighted by molar-refractivity contribution is 6.19. The van der Waals surface area contributed by atoms with Crippen molar-refractivity contribution in [3.63, 3.8) is 0 Å². The number of nitrogens with zero attached hydrogens (tertiary/aromatic N) is 2. The molecule has 15 nitrogen and oxygen atoms in total. The van der Waals surface area contributed by atoms with Crippen molar-refractivity contribution in [1.29, 1.82) is 0 Å². The van der Waals surface area contributed by atoms with Crippen molar-refractivity contribution in [2.75, 3.05) is 14.1 Å². The van der Waals surface area contributed by atoms with Gasteiger partial charge in [-0.15, -0.1) is 0 Å². The van der Waals surface area contributed by atoms with Crippen LogP contribution < -0.4 is 16.0 Å². The van der Waals surface area contributed by atoms with E-state index >= 15 is 28.4 Å². The highest BCUT2D eigenvalue weighted by Crippen LogP contribution is 2.43. The molecule has 5 saturated heterocycles. The summed E-state index contributed by atoms with van der Waals surface area (Å²) in [5, 5.41) is 10.7. The zero-order valence-corrected chi connectivity index (χ0v) is 49.3. The van der Waals surface area contributed by atoms with Crippen molar-refractivity contribution < 1.29 is 52.0 Å². The van der Waals surface area contributed by atoms with E-state index in [-0.39, 0.29) is 0 Å². The molecule has 0 spiro atoms. The number of ether oxygens (including phenoxy) is 5. The number of nitrogens with one attached hydrogen (secondary N) is 3. The lowest BCUT2D eigenvalue weighted by atomic mass is 9.78. The van der Waals surface area contributed by atoms with Crippen molar-refractivity contribution in [2.24, 2.45) is 0 Å². The normalized spacial score (nSPS) is 26.6. The number of carbonyl (C=O) groups is 5. The predicted molar refractivity (Wildman–Crippen MR) is 284 cm³/mol. The number of piperidine rings is 5. The van der Waals surface area contributed by atoms with Gasteiger partial charge in [-0.3, -0.25) is 9.80 Å². The van der Waals surface area contributed by atoms with Crippen LogP contribution in [0.2, 0.25) is 0 Å². The Bertz CT molecular complexity index is 2300. The van der Waals surface area contributed by atoms with E-state index in [1.54, 1.807) is 0 Å². The lowest BCUT2D eigenvalue weighted by Gasteiger charge is -2.53. The molecule has 418 valence electrons. The molecular formula is C58H94FN5O10. The summed E-state index contributed by atoms with van der Waals surface area (Å²) in [6.45, 7) is 39.8. The fourth-order valence-electron chi connectivity index (χ4n) is 14.4. The molecule has 6 rings (SSSR count). The molecule has 3 N–H and O–H groups in total. The molecular weight excluding hydrogens is 946 g/mol. The zero-order chi connectivity index (χ0) is 56.1. The number of likely N-dealkylation sites (tertiary alicyclic amines) is 2. The lowest BCUT2D eigenvalue weighted by Crippen LogP contribution is -2.60. The van der Waals surface area contributed by atoms with Crippen LogP contribution in [0.25, 0.3) is 0 Å². The summed E-state index contributed by atoms with van der Waals surface area (Å²) >= 11 is 0. The van der Waals surface area contributed by atoms with Crippen LogP contribution in [-0.4, -0.2) is 140 Å². The molecule has 1 aromatic rings. The van der Waals surface area contributed by atoms with Gasteiger partial charge in [0.2, 0.25) is 0 Å². The van der Waals surface area contributed by atoms with Crippen LogP contribution in [0.3, 0.4) is 0 Å². The standard InChI is InChI=1S/C58H94FN5O10/c1-49(2)23-33(24-50(3,4)60-49)70-45(66)39-38(44(65)73-36-29-55(13,14)63(21)56(15,16)30-36)40(46(67)71-34-25-51(5,6)61-52(7,8)26-34)42(48(69)74-37-31-57(17,18)64(22)58(19,20)32-37)43(59)41(39)47(68)72-35-27-53(9,10)62-54(11,12)28-35/h33-37,60-62H,23-32H2,1-22H3. The minimum Gasteiger partial charge on any atom is -0.459 e. The van der Waals surface area contributed by atoms with Gasteiger partial charge >= 0.3 is 29.8 Å². The summed E-state index contributed by atoms with van der Waals surface area (Å²) in [5.41, 5.74) is -9.85. The molecule has 5 fully saturated rings. The number of carbonyl (C=O) groups excluding carboxylic acids is 5. The first-order valence-electron chi connectivity index (χ1n) is 27.1. The maximum Gasteiger partial charge on any atom is 0.342 e. The second kappa shape index (κ2) is 19.6. The third-order valence-corrected chi connectivity index (χ3v) is 16.8. The minimum atomic E-state index is -1.56. The molecule has 0 unspecified atom stereocenters. The number of rotatable bonds is 10. The first-order valence-corrected chi connectivity index (χ1v) is 27.1. The number of benzene rings is 1.